The van der Waals surface area contributed by atoms with Gasteiger partial charge in [0.1, 0.15) is 23.8 Å². The number of carbonyl (C=O) groups is 4. The summed E-state index contributed by atoms with van der Waals surface area (Å²) in [5.41, 5.74) is 1.77. The fourth-order valence-electron chi connectivity index (χ4n) is 5.61. The summed E-state index contributed by atoms with van der Waals surface area (Å²) in [5.74, 6) is -3.03. The summed E-state index contributed by atoms with van der Waals surface area (Å²) in [5, 5.41) is 5.69. The van der Waals surface area contributed by atoms with Gasteiger partial charge in [0.2, 0.25) is 5.91 Å². The Balaban J connectivity index is 1.36. The highest BCUT2D eigenvalue weighted by Crippen LogP contribution is 2.26. The molecule has 2 aliphatic rings. The highest BCUT2D eigenvalue weighted by atomic mass is 16.6. The molecule has 3 heterocycles. The Kier molecular flexibility index (Phi) is 10.1. The van der Waals surface area contributed by atoms with Crippen molar-refractivity contribution in [1.29, 1.82) is 0 Å². The number of para-hydroxylation sites is 1. The second-order valence-electron chi connectivity index (χ2n) is 11.7. The fraction of sp³-hybridized carbons (Fsp3) is 0.375. The van der Waals surface area contributed by atoms with E-state index in [4.69, 9.17) is 9.31 Å². The van der Waals surface area contributed by atoms with E-state index in [2.05, 4.69) is 20.6 Å². The van der Waals surface area contributed by atoms with E-state index in [1.807, 2.05) is 79.4 Å². The number of hydrogen-bond acceptors (Lipinski definition) is 10. The van der Waals surface area contributed by atoms with Crippen LogP contribution in [0, 0.1) is 5.92 Å². The molecule has 2 amide bonds. The number of carbonyl (C=O) groups excluding carboxylic acids is 4. The van der Waals surface area contributed by atoms with Crippen LogP contribution < -0.4 is 15.5 Å². The Morgan fingerprint density at radius 2 is 1.56 bits per heavy atom. The zero-order valence-corrected chi connectivity index (χ0v) is 25.5. The first-order chi connectivity index (χ1) is 21.7. The molecule has 13 heteroatoms. The van der Waals surface area contributed by atoms with E-state index in [0.29, 0.717) is 19.5 Å². The van der Waals surface area contributed by atoms with Crippen LogP contribution >= 0.6 is 0 Å². The van der Waals surface area contributed by atoms with Gasteiger partial charge in [0.05, 0.1) is 12.1 Å². The molecule has 1 aromatic heterocycles. The lowest BCUT2D eigenvalue weighted by atomic mass is 9.73. The summed E-state index contributed by atoms with van der Waals surface area (Å²) in [4.78, 5) is 65.6. The van der Waals surface area contributed by atoms with Crippen LogP contribution in [0.2, 0.25) is 0 Å². The minimum Gasteiger partial charge on any atom is -0.497 e. The number of nitrogens with zero attached hydrogens (tertiary/aromatic N) is 4. The van der Waals surface area contributed by atoms with Gasteiger partial charge in [0.25, 0.3) is 5.91 Å². The van der Waals surface area contributed by atoms with Gasteiger partial charge in [-0.15, -0.1) is 0 Å². The van der Waals surface area contributed by atoms with Gasteiger partial charge in [-0.1, -0.05) is 62.4 Å². The second kappa shape index (κ2) is 14.3. The molecule has 5 rings (SSSR count). The maximum Gasteiger partial charge on any atom is 0.622 e. The van der Waals surface area contributed by atoms with Crippen LogP contribution in [0.5, 0.6) is 0 Å². The van der Waals surface area contributed by atoms with Gasteiger partial charge in [0, 0.05) is 37.6 Å². The number of amides is 2. The first-order valence-corrected chi connectivity index (χ1v) is 15.0. The number of fused-ring (bicyclic) bond motifs is 2. The van der Waals surface area contributed by atoms with E-state index in [0.717, 1.165) is 11.3 Å². The lowest BCUT2D eigenvalue weighted by Crippen LogP contribution is -2.67. The van der Waals surface area contributed by atoms with E-state index in [9.17, 15) is 19.2 Å². The fourth-order valence-corrected chi connectivity index (χ4v) is 5.61. The Bertz CT molecular complexity index is 1450. The molecule has 4 atom stereocenters. The van der Waals surface area contributed by atoms with E-state index >= 15 is 0 Å². The van der Waals surface area contributed by atoms with Crippen molar-refractivity contribution in [2.75, 3.05) is 25.0 Å². The molecular formula is C32H37BN6O6. The molecule has 0 aliphatic carbocycles. The highest BCUT2D eigenvalue weighted by Gasteiger charge is 2.50. The summed E-state index contributed by atoms with van der Waals surface area (Å²) in [7, 11) is 0.355. The molecule has 2 aliphatic heterocycles. The predicted octanol–water partition coefficient (Wildman–Crippen LogP) is 1.67. The lowest BCUT2D eigenvalue weighted by Gasteiger charge is -2.45. The maximum absolute atomic E-state index is 13.9. The van der Waals surface area contributed by atoms with Crippen LogP contribution in [-0.2, 0) is 30.1 Å². The lowest BCUT2D eigenvalue weighted by molar-refractivity contribution is -0.155. The zero-order valence-electron chi connectivity index (χ0n) is 25.5. The van der Waals surface area contributed by atoms with Crippen molar-refractivity contribution < 1.29 is 28.5 Å². The summed E-state index contributed by atoms with van der Waals surface area (Å²) in [6.07, 6.45) is 4.68. The standard InChI is InChI=1S/C32H37BN6O6/c1-21(2)16-28(37-29(40)24(17-22-10-6-4-7-11-22)36-30(41)25-18-34-14-15-35-25)33-44-31(42)26-19-39(23-12-8-5-9-13-23)20-27(38(26)3)32(43)45-33/h4-15,18,21,24,26-28H,16-17,19-20H2,1-3H3,(H,36,41)(H,37,40)/t24-,26-,27-,28-/m0/s1. The highest BCUT2D eigenvalue weighted by molar-refractivity contribution is 6.51. The van der Waals surface area contributed by atoms with Crippen molar-refractivity contribution in [2.24, 2.45) is 5.92 Å². The number of nitrogens with one attached hydrogen (secondary N) is 2. The van der Waals surface area contributed by atoms with Crippen LogP contribution in [0.25, 0.3) is 0 Å². The Morgan fingerprint density at radius 3 is 2.13 bits per heavy atom. The van der Waals surface area contributed by atoms with Crippen molar-refractivity contribution >= 4 is 36.6 Å². The number of hydrogen-bond donors (Lipinski definition) is 2. The van der Waals surface area contributed by atoms with Gasteiger partial charge < -0.3 is 24.8 Å². The molecule has 45 heavy (non-hydrogen) atoms. The van der Waals surface area contributed by atoms with Gasteiger partial charge in [0.15, 0.2) is 0 Å². The molecule has 3 aromatic rings. The van der Waals surface area contributed by atoms with Crippen LogP contribution in [0.4, 0.5) is 5.69 Å². The third kappa shape index (κ3) is 7.85. The van der Waals surface area contributed by atoms with Crippen LogP contribution in [-0.4, -0.2) is 89.9 Å². The van der Waals surface area contributed by atoms with Crippen LogP contribution in [0.1, 0.15) is 36.3 Å². The van der Waals surface area contributed by atoms with Crippen molar-refractivity contribution in [2.45, 2.75) is 50.8 Å². The van der Waals surface area contributed by atoms with Gasteiger partial charge in [-0.2, -0.15) is 0 Å². The molecule has 2 N–H and O–H groups in total. The largest absolute Gasteiger partial charge is 0.622 e. The topological polar surface area (TPSA) is 143 Å². The molecule has 0 radical (unpaired) electrons. The maximum atomic E-state index is 13.9. The monoisotopic (exact) mass is 612 g/mol. The first kappa shape index (κ1) is 31.6. The third-order valence-electron chi connectivity index (χ3n) is 7.98. The average Bonchev–Trinajstić information content (AvgIpc) is 3.04. The number of benzene rings is 2. The number of aromatic nitrogens is 2. The van der Waals surface area contributed by atoms with E-state index < -0.39 is 54.9 Å². The number of likely N-dealkylation sites (N-methyl/N-ethyl adjacent to an activating group) is 1. The van der Waals surface area contributed by atoms with E-state index in [1.54, 1.807) is 11.9 Å². The van der Waals surface area contributed by atoms with E-state index in [1.165, 1.54) is 18.6 Å². The van der Waals surface area contributed by atoms with Gasteiger partial charge in [-0.05, 0) is 37.1 Å². The summed E-state index contributed by atoms with van der Waals surface area (Å²) in [6, 6.07) is 16.3. The van der Waals surface area contributed by atoms with E-state index in [-0.39, 0.29) is 18.0 Å². The minimum atomic E-state index is -1.36. The molecule has 12 nitrogen and oxygen atoms in total. The number of rotatable bonds is 10. The van der Waals surface area contributed by atoms with Gasteiger partial charge in [-0.3, -0.25) is 29.1 Å². The van der Waals surface area contributed by atoms with Crippen molar-refractivity contribution in [3.63, 3.8) is 0 Å². The molecule has 2 fully saturated rings. The summed E-state index contributed by atoms with van der Waals surface area (Å²) < 4.78 is 11.7. The predicted molar refractivity (Wildman–Crippen MR) is 167 cm³/mol. The van der Waals surface area contributed by atoms with Crippen LogP contribution in [0.3, 0.4) is 0 Å². The van der Waals surface area contributed by atoms with Gasteiger partial charge >= 0.3 is 19.1 Å². The SMILES string of the molecule is CC(C)C[C@H](NC(=O)[C@H](Cc1ccccc1)NC(=O)c1cnccn1)B1OC(=O)[C@@H]2CN(c3ccccc3)C[C@@H](C(=O)O1)N2C. The summed E-state index contributed by atoms with van der Waals surface area (Å²) in [6.45, 7) is 4.54. The second-order valence-corrected chi connectivity index (χ2v) is 11.7. The number of anilines is 1. The molecular weight excluding hydrogens is 575 g/mol. The van der Waals surface area contributed by atoms with Crippen molar-refractivity contribution in [3.05, 3.63) is 90.5 Å². The number of piperazine rings is 1. The minimum absolute atomic E-state index is 0.0376. The van der Waals surface area contributed by atoms with Crippen molar-refractivity contribution in [3.8, 4) is 0 Å². The summed E-state index contributed by atoms with van der Waals surface area (Å²) >= 11 is 0. The molecule has 0 spiro atoms. The Labute approximate surface area is 262 Å². The zero-order chi connectivity index (χ0) is 31.9. The molecule has 234 valence electrons. The third-order valence-corrected chi connectivity index (χ3v) is 7.98. The first-order valence-electron chi connectivity index (χ1n) is 15.0. The Hall–Kier alpha value is -4.78. The average molecular weight is 612 g/mol. The molecule has 0 saturated carbocycles. The molecule has 0 unspecified atom stereocenters. The van der Waals surface area contributed by atoms with Gasteiger partial charge in [-0.25, -0.2) is 4.98 Å². The molecule has 2 bridgehead atoms. The van der Waals surface area contributed by atoms with Crippen LogP contribution in [0.15, 0.2) is 79.3 Å². The molecule has 2 aromatic carbocycles. The molecule has 2 saturated heterocycles. The normalized spacial score (nSPS) is 19.9. The Morgan fingerprint density at radius 1 is 0.933 bits per heavy atom. The smallest absolute Gasteiger partial charge is 0.497 e. The van der Waals surface area contributed by atoms with Crippen molar-refractivity contribution in [1.82, 2.24) is 25.5 Å². The quantitative estimate of drug-likeness (QED) is 0.325.